The number of thiazole rings is 1. The Bertz CT molecular complexity index is 937. The summed E-state index contributed by atoms with van der Waals surface area (Å²) in [6.07, 6.45) is 3.87. The molecule has 0 aliphatic carbocycles. The molecule has 27 heavy (non-hydrogen) atoms. The Hall–Kier alpha value is -1.64. The minimum atomic E-state index is -3.85. The maximum atomic E-state index is 13.1. The number of rotatable bonds is 6. The van der Waals surface area contributed by atoms with E-state index < -0.39 is 10.0 Å². The van der Waals surface area contributed by atoms with Gasteiger partial charge in [-0.15, -0.1) is 11.3 Å². The Balaban J connectivity index is 1.84. The molecule has 1 amide bonds. The van der Waals surface area contributed by atoms with E-state index in [4.69, 9.17) is 11.6 Å². The fourth-order valence-corrected chi connectivity index (χ4v) is 5.97. The average molecular weight is 427 g/mol. The Morgan fingerprint density at radius 3 is 2.74 bits per heavy atom. The van der Waals surface area contributed by atoms with E-state index in [2.05, 4.69) is 11.9 Å². The van der Waals surface area contributed by atoms with Crippen LogP contribution in [0.2, 0.25) is 5.02 Å². The van der Waals surface area contributed by atoms with E-state index in [1.807, 2.05) is 4.90 Å². The number of hydrogen-bond donors (Lipinski definition) is 0. The van der Waals surface area contributed by atoms with Gasteiger partial charge in [-0.2, -0.15) is 0 Å². The summed E-state index contributed by atoms with van der Waals surface area (Å²) in [7, 11) is -3.85. The Kier molecular flexibility index (Phi) is 6.08. The van der Waals surface area contributed by atoms with Crippen LogP contribution >= 0.6 is 22.9 Å². The van der Waals surface area contributed by atoms with E-state index in [-0.39, 0.29) is 23.8 Å². The van der Waals surface area contributed by atoms with Crippen molar-refractivity contribution < 1.29 is 13.2 Å². The Morgan fingerprint density at radius 1 is 1.37 bits per heavy atom. The van der Waals surface area contributed by atoms with Gasteiger partial charge in [-0.05, 0) is 44.4 Å². The van der Waals surface area contributed by atoms with Gasteiger partial charge in [-0.25, -0.2) is 17.7 Å². The highest BCUT2D eigenvalue weighted by Crippen LogP contribution is 2.31. The van der Waals surface area contributed by atoms with Crippen LogP contribution in [-0.4, -0.2) is 43.8 Å². The molecule has 1 aromatic carbocycles. The van der Waals surface area contributed by atoms with Crippen LogP contribution in [0.4, 0.5) is 5.13 Å². The van der Waals surface area contributed by atoms with Crippen molar-refractivity contribution in [2.45, 2.75) is 31.1 Å². The van der Waals surface area contributed by atoms with Crippen molar-refractivity contribution in [2.24, 2.45) is 0 Å². The second-order valence-corrected chi connectivity index (χ2v) is 9.65. The van der Waals surface area contributed by atoms with Crippen molar-refractivity contribution in [1.82, 2.24) is 9.88 Å². The lowest BCUT2D eigenvalue weighted by Gasteiger charge is -2.21. The zero-order valence-electron chi connectivity index (χ0n) is 15.0. The number of halogens is 1. The standard InChI is InChI=1S/C18H21ClN3O3S2/c1-3-22(27(24,25)16-8-6-7-15(19)13(16)2)18-20-12-14(26-18)11-17(23)21-9-4-5-10-21/h6-8,12H,1,3-5,9-11H2,2H3. The van der Waals surface area contributed by atoms with Gasteiger partial charge < -0.3 is 4.90 Å². The predicted molar refractivity (Wildman–Crippen MR) is 108 cm³/mol. The molecule has 9 heteroatoms. The van der Waals surface area contributed by atoms with E-state index in [1.54, 1.807) is 25.3 Å². The molecule has 0 unspecified atom stereocenters. The quantitative estimate of drug-likeness (QED) is 0.710. The molecule has 1 radical (unpaired) electrons. The van der Waals surface area contributed by atoms with Gasteiger partial charge in [0.1, 0.15) is 0 Å². The lowest BCUT2D eigenvalue weighted by atomic mass is 10.2. The SMILES string of the molecule is [CH2]CN(c1ncc(CC(=O)N2CCCC2)s1)S(=O)(=O)c1cccc(Cl)c1C. The summed E-state index contributed by atoms with van der Waals surface area (Å²) in [5.74, 6) is 0.0532. The number of nitrogens with zero attached hydrogens (tertiary/aromatic N) is 3. The Labute approximate surface area is 168 Å². The first-order chi connectivity index (χ1) is 12.8. The minimum Gasteiger partial charge on any atom is -0.342 e. The highest BCUT2D eigenvalue weighted by atomic mass is 35.5. The van der Waals surface area contributed by atoms with Gasteiger partial charge in [0.15, 0.2) is 5.13 Å². The summed E-state index contributed by atoms with van der Waals surface area (Å²) in [6, 6.07) is 4.77. The van der Waals surface area contributed by atoms with Crippen LogP contribution in [0, 0.1) is 13.8 Å². The first-order valence-electron chi connectivity index (χ1n) is 8.64. The number of amides is 1. The molecular weight excluding hydrogens is 406 g/mol. The van der Waals surface area contributed by atoms with Crippen molar-refractivity contribution in [3.05, 3.63) is 46.8 Å². The van der Waals surface area contributed by atoms with Crippen LogP contribution < -0.4 is 4.31 Å². The molecule has 0 saturated carbocycles. The topological polar surface area (TPSA) is 70.6 Å². The van der Waals surface area contributed by atoms with Crippen LogP contribution in [0.1, 0.15) is 23.3 Å². The molecular formula is C18H21ClN3O3S2. The number of aromatic nitrogens is 1. The van der Waals surface area contributed by atoms with E-state index in [0.717, 1.165) is 35.1 Å². The van der Waals surface area contributed by atoms with Gasteiger partial charge in [0.2, 0.25) is 5.91 Å². The second kappa shape index (κ2) is 8.16. The van der Waals surface area contributed by atoms with Crippen molar-refractivity contribution in [3.8, 4) is 0 Å². The van der Waals surface area contributed by atoms with Gasteiger partial charge in [0.25, 0.3) is 10.0 Å². The molecule has 6 nitrogen and oxygen atoms in total. The molecule has 0 atom stereocenters. The zero-order chi connectivity index (χ0) is 19.6. The fourth-order valence-electron chi connectivity index (χ4n) is 3.03. The van der Waals surface area contributed by atoms with E-state index in [1.165, 1.54) is 17.4 Å². The van der Waals surface area contributed by atoms with Crippen LogP contribution in [0.5, 0.6) is 0 Å². The molecule has 0 spiro atoms. The normalized spacial score (nSPS) is 14.6. The largest absolute Gasteiger partial charge is 0.342 e. The van der Waals surface area contributed by atoms with E-state index in [0.29, 0.717) is 15.7 Å². The monoisotopic (exact) mass is 426 g/mol. The molecule has 1 fully saturated rings. The molecule has 1 saturated heterocycles. The average Bonchev–Trinajstić information content (AvgIpc) is 3.30. The van der Waals surface area contributed by atoms with Gasteiger partial charge in [0.05, 0.1) is 11.3 Å². The third-order valence-electron chi connectivity index (χ3n) is 4.53. The second-order valence-electron chi connectivity index (χ2n) is 6.31. The van der Waals surface area contributed by atoms with Crippen molar-refractivity contribution in [2.75, 3.05) is 23.9 Å². The highest BCUT2D eigenvalue weighted by Gasteiger charge is 2.28. The Morgan fingerprint density at radius 2 is 2.07 bits per heavy atom. The summed E-state index contributed by atoms with van der Waals surface area (Å²) in [5, 5.41) is 0.685. The maximum Gasteiger partial charge on any atom is 0.266 e. The molecule has 0 N–H and O–H groups in total. The lowest BCUT2D eigenvalue weighted by molar-refractivity contribution is -0.129. The number of likely N-dealkylation sites (tertiary alicyclic amines) is 1. The molecule has 1 aliphatic heterocycles. The number of sulfonamides is 1. The molecule has 3 rings (SSSR count). The summed E-state index contributed by atoms with van der Waals surface area (Å²) in [4.78, 5) is 19.2. The smallest absolute Gasteiger partial charge is 0.266 e. The predicted octanol–water partition coefficient (Wildman–Crippen LogP) is 3.30. The van der Waals surface area contributed by atoms with Gasteiger partial charge >= 0.3 is 0 Å². The maximum absolute atomic E-state index is 13.1. The van der Waals surface area contributed by atoms with Crippen molar-refractivity contribution in [1.29, 1.82) is 0 Å². The molecule has 2 heterocycles. The number of carbonyl (C=O) groups excluding carboxylic acids is 1. The molecule has 145 valence electrons. The molecule has 2 aromatic rings. The van der Waals surface area contributed by atoms with E-state index in [9.17, 15) is 13.2 Å². The summed E-state index contributed by atoms with van der Waals surface area (Å²) in [5.41, 5.74) is 0.485. The van der Waals surface area contributed by atoms with Gasteiger partial charge in [-0.3, -0.25) is 4.79 Å². The molecule has 0 bridgehead atoms. The summed E-state index contributed by atoms with van der Waals surface area (Å²) < 4.78 is 27.3. The van der Waals surface area contributed by atoms with Crippen LogP contribution in [0.15, 0.2) is 29.3 Å². The number of benzene rings is 1. The lowest BCUT2D eigenvalue weighted by Crippen LogP contribution is -2.31. The molecule has 1 aromatic heterocycles. The zero-order valence-corrected chi connectivity index (χ0v) is 17.4. The number of hydrogen-bond acceptors (Lipinski definition) is 5. The van der Waals surface area contributed by atoms with E-state index >= 15 is 0 Å². The van der Waals surface area contributed by atoms with Crippen molar-refractivity contribution >= 4 is 44.0 Å². The first-order valence-corrected chi connectivity index (χ1v) is 11.3. The van der Waals surface area contributed by atoms with Crippen LogP contribution in [0.25, 0.3) is 0 Å². The van der Waals surface area contributed by atoms with Crippen molar-refractivity contribution in [3.63, 3.8) is 0 Å². The first kappa shape index (κ1) is 20.1. The van der Waals surface area contributed by atoms with Gasteiger partial charge in [0, 0.05) is 35.7 Å². The minimum absolute atomic E-state index is 0.0126. The third-order valence-corrected chi connectivity index (χ3v) is 8.01. The summed E-state index contributed by atoms with van der Waals surface area (Å²) >= 11 is 7.28. The third kappa shape index (κ3) is 4.12. The highest BCUT2D eigenvalue weighted by molar-refractivity contribution is 7.93. The molecule has 1 aliphatic rings. The summed E-state index contributed by atoms with van der Waals surface area (Å²) in [6.45, 7) is 6.98. The number of carbonyl (C=O) groups is 1. The fraction of sp³-hybridized carbons (Fsp3) is 0.389. The van der Waals surface area contributed by atoms with Gasteiger partial charge in [-0.1, -0.05) is 17.7 Å². The van der Waals surface area contributed by atoms with Crippen LogP contribution in [0.3, 0.4) is 0 Å². The number of anilines is 1. The van der Waals surface area contributed by atoms with Crippen LogP contribution in [-0.2, 0) is 21.2 Å².